The Kier molecular flexibility index (Phi) is 4.04. The fraction of sp³-hybridized carbons (Fsp3) is 0.929. The molecule has 0 nitrogen and oxygen atoms in total. The standard InChI is InChI=1S/C14H27/c1-11(2)10-12-6-8-13(9-7-12)14(3,4)5/h12-13H,6-10H2,1-5H3/t12-,13-. The zero-order valence-corrected chi connectivity index (χ0v) is 10.7. The van der Waals surface area contributed by atoms with E-state index in [9.17, 15) is 0 Å². The first kappa shape index (κ1) is 12.1. The fourth-order valence-electron chi connectivity index (χ4n) is 2.81. The molecule has 0 N–H and O–H groups in total. The van der Waals surface area contributed by atoms with Gasteiger partial charge in [0, 0.05) is 0 Å². The molecule has 0 spiro atoms. The molecule has 14 heavy (non-hydrogen) atoms. The smallest absolute Gasteiger partial charge is 0.0300 e. The Morgan fingerprint density at radius 1 is 1.00 bits per heavy atom. The normalized spacial score (nSPS) is 29.6. The van der Waals surface area contributed by atoms with Crippen molar-refractivity contribution in [2.75, 3.05) is 0 Å². The van der Waals surface area contributed by atoms with Crippen molar-refractivity contribution < 1.29 is 0 Å². The Hall–Kier alpha value is 0. The highest BCUT2D eigenvalue weighted by molar-refractivity contribution is 4.86. The van der Waals surface area contributed by atoms with Crippen LogP contribution in [-0.2, 0) is 0 Å². The summed E-state index contributed by atoms with van der Waals surface area (Å²) >= 11 is 0. The van der Waals surface area contributed by atoms with E-state index in [0.717, 1.165) is 11.8 Å². The summed E-state index contributed by atoms with van der Waals surface area (Å²) < 4.78 is 0. The molecule has 0 atom stereocenters. The minimum absolute atomic E-state index is 0.538. The highest BCUT2D eigenvalue weighted by Crippen LogP contribution is 2.41. The van der Waals surface area contributed by atoms with E-state index in [1.54, 1.807) is 5.92 Å². The minimum atomic E-state index is 0.538. The van der Waals surface area contributed by atoms with Gasteiger partial charge in [-0.1, -0.05) is 47.5 Å². The van der Waals surface area contributed by atoms with Gasteiger partial charge in [0.05, 0.1) is 0 Å². The van der Waals surface area contributed by atoms with E-state index < -0.39 is 0 Å². The fourth-order valence-corrected chi connectivity index (χ4v) is 2.81. The van der Waals surface area contributed by atoms with Gasteiger partial charge in [0.1, 0.15) is 0 Å². The quantitative estimate of drug-likeness (QED) is 0.591. The molecule has 1 radical (unpaired) electrons. The second-order valence-corrected chi connectivity index (χ2v) is 6.49. The predicted molar refractivity (Wildman–Crippen MR) is 64.1 cm³/mol. The van der Waals surface area contributed by atoms with Crippen molar-refractivity contribution in [3.8, 4) is 0 Å². The molecule has 0 saturated heterocycles. The molecule has 0 unspecified atom stereocenters. The van der Waals surface area contributed by atoms with Crippen LogP contribution in [0.3, 0.4) is 0 Å². The average Bonchev–Trinajstić information content (AvgIpc) is 2.02. The lowest BCUT2D eigenvalue weighted by Crippen LogP contribution is -2.26. The van der Waals surface area contributed by atoms with Crippen molar-refractivity contribution in [2.24, 2.45) is 17.3 Å². The highest BCUT2D eigenvalue weighted by Gasteiger charge is 2.29. The van der Waals surface area contributed by atoms with E-state index in [1.165, 1.54) is 32.1 Å². The van der Waals surface area contributed by atoms with E-state index in [4.69, 9.17) is 0 Å². The van der Waals surface area contributed by atoms with Crippen LogP contribution >= 0.6 is 0 Å². The predicted octanol–water partition coefficient (Wildman–Crippen LogP) is 4.84. The van der Waals surface area contributed by atoms with Gasteiger partial charge in [-0.25, -0.2) is 0 Å². The molecular formula is C14H27. The van der Waals surface area contributed by atoms with Crippen molar-refractivity contribution in [1.29, 1.82) is 0 Å². The molecular weight excluding hydrogens is 168 g/mol. The van der Waals surface area contributed by atoms with Crippen LogP contribution in [-0.4, -0.2) is 0 Å². The SMILES string of the molecule is C[C](C)C[C@H]1CC[C@H](C(C)(C)C)CC1. The largest absolute Gasteiger partial charge is 0.0599 e. The summed E-state index contributed by atoms with van der Waals surface area (Å²) in [4.78, 5) is 0. The Labute approximate surface area is 90.5 Å². The molecule has 1 rings (SSSR count). The van der Waals surface area contributed by atoms with Crippen molar-refractivity contribution in [3.63, 3.8) is 0 Å². The first-order chi connectivity index (χ1) is 6.39. The Bertz CT molecular complexity index is 153. The molecule has 1 aliphatic rings. The first-order valence-corrected chi connectivity index (χ1v) is 6.18. The van der Waals surface area contributed by atoms with E-state index in [2.05, 4.69) is 34.6 Å². The second-order valence-electron chi connectivity index (χ2n) is 6.49. The summed E-state index contributed by atoms with van der Waals surface area (Å²) in [6, 6.07) is 0. The van der Waals surface area contributed by atoms with Gasteiger partial charge in [-0.3, -0.25) is 0 Å². The van der Waals surface area contributed by atoms with Crippen LogP contribution in [0, 0.1) is 23.2 Å². The highest BCUT2D eigenvalue weighted by atomic mass is 14.3. The van der Waals surface area contributed by atoms with Crippen LogP contribution in [0.5, 0.6) is 0 Å². The summed E-state index contributed by atoms with van der Waals surface area (Å²) in [5.41, 5.74) is 0.538. The van der Waals surface area contributed by atoms with Crippen molar-refractivity contribution in [2.45, 2.75) is 66.7 Å². The first-order valence-electron chi connectivity index (χ1n) is 6.18. The Morgan fingerprint density at radius 3 is 1.86 bits per heavy atom. The number of hydrogen-bond donors (Lipinski definition) is 0. The minimum Gasteiger partial charge on any atom is -0.0599 e. The summed E-state index contributed by atoms with van der Waals surface area (Å²) in [6.45, 7) is 11.7. The van der Waals surface area contributed by atoms with Crippen molar-refractivity contribution in [1.82, 2.24) is 0 Å². The third-order valence-electron chi connectivity index (χ3n) is 3.77. The topological polar surface area (TPSA) is 0 Å². The molecule has 0 bridgehead atoms. The molecule has 0 amide bonds. The zero-order valence-electron chi connectivity index (χ0n) is 10.7. The maximum atomic E-state index is 2.40. The van der Waals surface area contributed by atoms with E-state index >= 15 is 0 Å². The summed E-state index contributed by atoms with van der Waals surface area (Å²) in [5, 5.41) is 0. The summed E-state index contributed by atoms with van der Waals surface area (Å²) in [6.07, 6.45) is 7.22. The second kappa shape index (κ2) is 4.68. The van der Waals surface area contributed by atoms with Gasteiger partial charge in [0.25, 0.3) is 0 Å². The van der Waals surface area contributed by atoms with Crippen LogP contribution < -0.4 is 0 Å². The number of rotatable bonds is 2. The maximum Gasteiger partial charge on any atom is -0.0300 e. The lowest BCUT2D eigenvalue weighted by atomic mass is 9.69. The third-order valence-corrected chi connectivity index (χ3v) is 3.77. The zero-order chi connectivity index (χ0) is 10.8. The maximum absolute atomic E-state index is 2.40. The van der Waals surface area contributed by atoms with Gasteiger partial charge in [0.2, 0.25) is 0 Å². The van der Waals surface area contributed by atoms with E-state index in [1.807, 2.05) is 0 Å². The molecule has 1 fully saturated rings. The summed E-state index contributed by atoms with van der Waals surface area (Å²) in [5.74, 6) is 3.58. The molecule has 0 aromatic carbocycles. The van der Waals surface area contributed by atoms with Gasteiger partial charge in [-0.2, -0.15) is 0 Å². The van der Waals surface area contributed by atoms with Gasteiger partial charge >= 0.3 is 0 Å². The van der Waals surface area contributed by atoms with Gasteiger partial charge in [-0.05, 0) is 42.4 Å². The molecule has 0 aromatic rings. The van der Waals surface area contributed by atoms with E-state index in [-0.39, 0.29) is 0 Å². The monoisotopic (exact) mass is 195 g/mol. The van der Waals surface area contributed by atoms with Crippen molar-refractivity contribution in [3.05, 3.63) is 5.92 Å². The van der Waals surface area contributed by atoms with Crippen molar-refractivity contribution >= 4 is 0 Å². The number of hydrogen-bond acceptors (Lipinski definition) is 0. The molecule has 1 saturated carbocycles. The van der Waals surface area contributed by atoms with Gasteiger partial charge < -0.3 is 0 Å². The molecule has 0 aromatic heterocycles. The molecule has 0 aliphatic heterocycles. The lowest BCUT2D eigenvalue weighted by molar-refractivity contribution is 0.148. The van der Waals surface area contributed by atoms with Gasteiger partial charge in [-0.15, -0.1) is 0 Å². The van der Waals surface area contributed by atoms with E-state index in [0.29, 0.717) is 5.41 Å². The Morgan fingerprint density at radius 2 is 1.50 bits per heavy atom. The Balaban J connectivity index is 2.31. The lowest BCUT2D eigenvalue weighted by Gasteiger charge is -2.37. The van der Waals surface area contributed by atoms with Gasteiger partial charge in [0.15, 0.2) is 0 Å². The molecule has 0 heteroatoms. The van der Waals surface area contributed by atoms with Crippen LogP contribution in [0.25, 0.3) is 0 Å². The third kappa shape index (κ3) is 3.63. The summed E-state index contributed by atoms with van der Waals surface area (Å²) in [7, 11) is 0. The van der Waals surface area contributed by atoms with Crippen LogP contribution in [0.1, 0.15) is 66.7 Å². The van der Waals surface area contributed by atoms with Crippen LogP contribution in [0.2, 0.25) is 0 Å². The van der Waals surface area contributed by atoms with Crippen LogP contribution in [0.4, 0.5) is 0 Å². The van der Waals surface area contributed by atoms with Crippen LogP contribution in [0.15, 0.2) is 0 Å². The molecule has 83 valence electrons. The molecule has 1 aliphatic carbocycles. The average molecular weight is 195 g/mol. The molecule has 0 heterocycles.